The molecule has 0 radical (unpaired) electrons. The average Bonchev–Trinajstić information content (AvgIpc) is 2.57. The van der Waals surface area contributed by atoms with E-state index in [9.17, 15) is 4.79 Å². The minimum absolute atomic E-state index is 0.218. The summed E-state index contributed by atoms with van der Waals surface area (Å²) in [4.78, 5) is 11.8. The summed E-state index contributed by atoms with van der Waals surface area (Å²) in [6, 6.07) is 13.1. The Bertz CT molecular complexity index is 689. The molecule has 1 aliphatic rings. The van der Waals surface area contributed by atoms with Crippen LogP contribution in [0.5, 0.6) is 11.5 Å². The highest BCUT2D eigenvalue weighted by molar-refractivity contribution is 9.10. The van der Waals surface area contributed by atoms with Crippen molar-refractivity contribution in [1.82, 2.24) is 5.32 Å². The van der Waals surface area contributed by atoms with Crippen molar-refractivity contribution < 1.29 is 14.3 Å². The summed E-state index contributed by atoms with van der Waals surface area (Å²) in [5.41, 5.74) is 1.85. The maximum absolute atomic E-state index is 11.8. The van der Waals surface area contributed by atoms with E-state index in [0.29, 0.717) is 19.8 Å². The summed E-state index contributed by atoms with van der Waals surface area (Å²) in [5.74, 6) is 1.55. The minimum Gasteiger partial charge on any atom is -0.486 e. The zero-order valence-electron chi connectivity index (χ0n) is 12.5. The van der Waals surface area contributed by atoms with Gasteiger partial charge in [-0.05, 0) is 48.4 Å². The molecule has 0 fully saturated rings. The molecule has 0 atom stereocenters. The van der Waals surface area contributed by atoms with Gasteiger partial charge in [0.15, 0.2) is 11.5 Å². The van der Waals surface area contributed by atoms with Crippen LogP contribution in [-0.2, 0) is 6.42 Å². The summed E-state index contributed by atoms with van der Waals surface area (Å²) in [5, 5.41) is 5.63. The van der Waals surface area contributed by atoms with Crippen molar-refractivity contribution in [3.63, 3.8) is 0 Å². The molecule has 0 aliphatic carbocycles. The molecule has 0 saturated carbocycles. The number of hydrogen-bond acceptors (Lipinski definition) is 3. The summed E-state index contributed by atoms with van der Waals surface area (Å²) in [6.07, 6.45) is 0.727. The number of rotatable bonds is 4. The normalized spacial score (nSPS) is 12.6. The highest BCUT2D eigenvalue weighted by Gasteiger charge is 2.11. The molecule has 1 heterocycles. The van der Waals surface area contributed by atoms with Gasteiger partial charge in [-0.1, -0.05) is 22.0 Å². The summed E-state index contributed by atoms with van der Waals surface area (Å²) >= 11 is 3.36. The van der Waals surface area contributed by atoms with E-state index in [2.05, 4.69) is 26.6 Å². The monoisotopic (exact) mass is 376 g/mol. The molecule has 23 heavy (non-hydrogen) atoms. The number of urea groups is 1. The van der Waals surface area contributed by atoms with Crippen LogP contribution in [0.15, 0.2) is 46.9 Å². The van der Waals surface area contributed by atoms with Gasteiger partial charge in [-0.15, -0.1) is 0 Å². The van der Waals surface area contributed by atoms with Crippen LogP contribution in [-0.4, -0.2) is 25.8 Å². The Morgan fingerprint density at radius 1 is 1.04 bits per heavy atom. The van der Waals surface area contributed by atoms with E-state index in [4.69, 9.17) is 9.47 Å². The predicted molar refractivity (Wildman–Crippen MR) is 92.3 cm³/mol. The Morgan fingerprint density at radius 3 is 2.57 bits per heavy atom. The Hall–Kier alpha value is -2.21. The van der Waals surface area contributed by atoms with Crippen molar-refractivity contribution in [3.05, 3.63) is 52.5 Å². The molecule has 120 valence electrons. The lowest BCUT2D eigenvalue weighted by molar-refractivity contribution is 0.171. The van der Waals surface area contributed by atoms with Gasteiger partial charge in [0.1, 0.15) is 13.2 Å². The first kappa shape index (κ1) is 15.7. The molecule has 2 aromatic carbocycles. The fourth-order valence-electron chi connectivity index (χ4n) is 2.27. The standard InChI is InChI=1S/C17H17BrN2O3/c18-13-2-4-14(5-3-13)20-17(21)19-8-7-12-1-6-15-16(11-12)23-10-9-22-15/h1-6,11H,7-10H2,(H2,19,20,21). The molecule has 5 nitrogen and oxygen atoms in total. The van der Waals surface area contributed by atoms with Gasteiger partial charge < -0.3 is 20.1 Å². The SMILES string of the molecule is O=C(NCCc1ccc2c(c1)OCCO2)Nc1ccc(Br)cc1. The Balaban J connectivity index is 1.47. The van der Waals surface area contributed by atoms with Crippen molar-refractivity contribution in [1.29, 1.82) is 0 Å². The van der Waals surface area contributed by atoms with Gasteiger partial charge in [0.25, 0.3) is 0 Å². The van der Waals surface area contributed by atoms with Crippen LogP contribution in [0, 0.1) is 0 Å². The Morgan fingerprint density at radius 2 is 1.78 bits per heavy atom. The van der Waals surface area contributed by atoms with Crippen molar-refractivity contribution in [3.8, 4) is 11.5 Å². The molecule has 0 aromatic heterocycles. The van der Waals surface area contributed by atoms with Gasteiger partial charge in [-0.25, -0.2) is 4.79 Å². The molecule has 2 amide bonds. The lowest BCUT2D eigenvalue weighted by Crippen LogP contribution is -2.30. The number of anilines is 1. The fraction of sp³-hybridized carbons (Fsp3) is 0.235. The molecule has 0 bridgehead atoms. The zero-order valence-corrected chi connectivity index (χ0v) is 14.1. The van der Waals surface area contributed by atoms with E-state index in [0.717, 1.165) is 33.6 Å². The molecule has 2 N–H and O–H groups in total. The van der Waals surface area contributed by atoms with E-state index in [1.54, 1.807) is 0 Å². The number of nitrogens with one attached hydrogen (secondary N) is 2. The second-order valence-corrected chi connectivity index (χ2v) is 6.03. The summed E-state index contributed by atoms with van der Waals surface area (Å²) < 4.78 is 12.0. The Kier molecular flexibility index (Phi) is 5.02. The van der Waals surface area contributed by atoms with Crippen molar-refractivity contribution in [2.75, 3.05) is 25.1 Å². The lowest BCUT2D eigenvalue weighted by atomic mass is 10.1. The van der Waals surface area contributed by atoms with Gasteiger partial charge in [0, 0.05) is 16.7 Å². The number of benzene rings is 2. The van der Waals surface area contributed by atoms with Crippen LogP contribution in [0.25, 0.3) is 0 Å². The third-order valence-electron chi connectivity index (χ3n) is 3.41. The van der Waals surface area contributed by atoms with Crippen LogP contribution in [0.4, 0.5) is 10.5 Å². The number of ether oxygens (including phenoxy) is 2. The van der Waals surface area contributed by atoms with Crippen LogP contribution < -0.4 is 20.1 Å². The predicted octanol–water partition coefficient (Wildman–Crippen LogP) is 3.58. The van der Waals surface area contributed by atoms with Crippen LogP contribution >= 0.6 is 15.9 Å². The number of halogens is 1. The largest absolute Gasteiger partial charge is 0.486 e. The molecule has 1 aliphatic heterocycles. The van der Waals surface area contributed by atoms with Crippen molar-refractivity contribution in [2.24, 2.45) is 0 Å². The molecular formula is C17H17BrN2O3. The van der Waals surface area contributed by atoms with Crippen molar-refractivity contribution >= 4 is 27.6 Å². The number of hydrogen-bond donors (Lipinski definition) is 2. The molecular weight excluding hydrogens is 360 g/mol. The fourth-order valence-corrected chi connectivity index (χ4v) is 2.54. The third-order valence-corrected chi connectivity index (χ3v) is 3.94. The molecule has 2 aromatic rings. The number of carbonyl (C=O) groups is 1. The van der Waals surface area contributed by atoms with Gasteiger partial charge in [-0.2, -0.15) is 0 Å². The second-order valence-electron chi connectivity index (χ2n) is 5.12. The van der Waals surface area contributed by atoms with Crippen LogP contribution in [0.2, 0.25) is 0 Å². The van der Waals surface area contributed by atoms with Gasteiger partial charge in [-0.3, -0.25) is 0 Å². The molecule has 6 heteroatoms. The minimum atomic E-state index is -0.218. The van der Waals surface area contributed by atoms with Crippen molar-refractivity contribution in [2.45, 2.75) is 6.42 Å². The number of fused-ring (bicyclic) bond motifs is 1. The zero-order chi connectivity index (χ0) is 16.1. The van der Waals surface area contributed by atoms with Gasteiger partial charge in [0.05, 0.1) is 0 Å². The van der Waals surface area contributed by atoms with E-state index < -0.39 is 0 Å². The molecule has 0 saturated heterocycles. The Labute approximate surface area is 143 Å². The van der Waals surface area contributed by atoms with E-state index in [1.807, 2.05) is 42.5 Å². The highest BCUT2D eigenvalue weighted by Crippen LogP contribution is 2.30. The summed E-state index contributed by atoms with van der Waals surface area (Å²) in [6.45, 7) is 1.70. The number of carbonyl (C=O) groups excluding carboxylic acids is 1. The maximum Gasteiger partial charge on any atom is 0.319 e. The topological polar surface area (TPSA) is 59.6 Å². The van der Waals surface area contributed by atoms with E-state index >= 15 is 0 Å². The first-order chi connectivity index (χ1) is 11.2. The first-order valence-corrected chi connectivity index (χ1v) is 8.19. The highest BCUT2D eigenvalue weighted by atomic mass is 79.9. The average molecular weight is 377 g/mol. The molecule has 0 unspecified atom stereocenters. The maximum atomic E-state index is 11.8. The first-order valence-electron chi connectivity index (χ1n) is 7.40. The number of amides is 2. The van der Waals surface area contributed by atoms with Crippen LogP contribution in [0.1, 0.15) is 5.56 Å². The lowest BCUT2D eigenvalue weighted by Gasteiger charge is -2.18. The third kappa shape index (κ3) is 4.39. The molecule has 0 spiro atoms. The van der Waals surface area contributed by atoms with Crippen LogP contribution in [0.3, 0.4) is 0 Å². The van der Waals surface area contributed by atoms with E-state index in [-0.39, 0.29) is 6.03 Å². The summed E-state index contributed by atoms with van der Waals surface area (Å²) in [7, 11) is 0. The van der Waals surface area contributed by atoms with Gasteiger partial charge >= 0.3 is 6.03 Å². The quantitative estimate of drug-likeness (QED) is 0.856. The molecule has 3 rings (SSSR count). The smallest absolute Gasteiger partial charge is 0.319 e. The van der Waals surface area contributed by atoms with E-state index in [1.165, 1.54) is 0 Å². The van der Waals surface area contributed by atoms with Gasteiger partial charge in [0.2, 0.25) is 0 Å². The second kappa shape index (κ2) is 7.37.